The number of esters is 1. The van der Waals surface area contributed by atoms with Crippen LogP contribution in [0, 0.1) is 0 Å². The highest BCUT2D eigenvalue weighted by atomic mass is 35.5. The van der Waals surface area contributed by atoms with E-state index in [1.165, 1.54) is 7.11 Å². The van der Waals surface area contributed by atoms with Crippen molar-refractivity contribution in [1.82, 2.24) is 4.98 Å². The van der Waals surface area contributed by atoms with E-state index < -0.39 is 5.97 Å². The molecule has 2 aromatic rings. The van der Waals surface area contributed by atoms with Gasteiger partial charge in [0.2, 0.25) is 0 Å². The largest absolute Gasteiger partial charge is 0.465 e. The third-order valence-corrected chi connectivity index (χ3v) is 2.88. The highest BCUT2D eigenvalue weighted by Crippen LogP contribution is 2.20. The van der Waals surface area contributed by atoms with Crippen molar-refractivity contribution < 1.29 is 9.53 Å². The molecule has 0 aliphatic carbocycles. The van der Waals surface area contributed by atoms with Gasteiger partial charge < -0.3 is 4.74 Å². The van der Waals surface area contributed by atoms with Crippen LogP contribution in [0.4, 0.5) is 0 Å². The minimum absolute atomic E-state index is 0.382. The number of carbonyl (C=O) groups excluding carboxylic acids is 1. The Hall–Kier alpha value is -1.87. The van der Waals surface area contributed by atoms with Crippen molar-refractivity contribution in [3.8, 4) is 0 Å². The molecule has 0 amide bonds. The van der Waals surface area contributed by atoms with Crippen LogP contribution in [-0.2, 0) is 11.2 Å². The SMILES string of the molecule is COC(=O)c1cc(Cc2ccccn2)ccc1Cl. The van der Waals surface area contributed by atoms with Gasteiger partial charge in [-0.25, -0.2) is 4.79 Å². The molecule has 3 nitrogen and oxygen atoms in total. The van der Waals surface area contributed by atoms with E-state index in [9.17, 15) is 4.79 Å². The monoisotopic (exact) mass is 261 g/mol. The van der Waals surface area contributed by atoms with Gasteiger partial charge in [0.05, 0.1) is 17.7 Å². The number of benzene rings is 1. The Balaban J connectivity index is 2.27. The van der Waals surface area contributed by atoms with Crippen molar-refractivity contribution in [2.24, 2.45) is 0 Å². The minimum Gasteiger partial charge on any atom is -0.465 e. The highest BCUT2D eigenvalue weighted by Gasteiger charge is 2.11. The normalized spacial score (nSPS) is 10.1. The smallest absolute Gasteiger partial charge is 0.339 e. The van der Waals surface area contributed by atoms with E-state index in [0.29, 0.717) is 17.0 Å². The highest BCUT2D eigenvalue weighted by molar-refractivity contribution is 6.33. The zero-order valence-electron chi connectivity index (χ0n) is 9.89. The Morgan fingerprint density at radius 2 is 2.17 bits per heavy atom. The van der Waals surface area contributed by atoms with Gasteiger partial charge in [-0.05, 0) is 29.8 Å². The average molecular weight is 262 g/mol. The van der Waals surface area contributed by atoms with Crippen LogP contribution in [0.25, 0.3) is 0 Å². The van der Waals surface area contributed by atoms with Crippen LogP contribution in [0.2, 0.25) is 5.02 Å². The molecular formula is C14H12ClNO2. The van der Waals surface area contributed by atoms with Crippen LogP contribution in [0.15, 0.2) is 42.6 Å². The van der Waals surface area contributed by atoms with Crippen molar-refractivity contribution in [1.29, 1.82) is 0 Å². The topological polar surface area (TPSA) is 39.2 Å². The molecule has 0 spiro atoms. The van der Waals surface area contributed by atoms with Gasteiger partial charge in [-0.3, -0.25) is 4.98 Å². The summed E-state index contributed by atoms with van der Waals surface area (Å²) in [5, 5.41) is 0.395. The molecule has 0 N–H and O–H groups in total. The first-order valence-corrected chi connectivity index (χ1v) is 5.85. The van der Waals surface area contributed by atoms with Crippen LogP contribution in [-0.4, -0.2) is 18.1 Å². The Morgan fingerprint density at radius 1 is 1.33 bits per heavy atom. The molecule has 92 valence electrons. The second kappa shape index (κ2) is 5.65. The standard InChI is InChI=1S/C14H12ClNO2/c1-18-14(17)12-9-10(5-6-13(12)15)8-11-4-2-3-7-16-11/h2-7,9H,8H2,1H3. The molecule has 1 aromatic heterocycles. The van der Waals surface area contributed by atoms with Crippen LogP contribution in [0.5, 0.6) is 0 Å². The Labute approximate surface area is 110 Å². The summed E-state index contributed by atoms with van der Waals surface area (Å²) in [4.78, 5) is 15.8. The quantitative estimate of drug-likeness (QED) is 0.797. The van der Waals surface area contributed by atoms with E-state index in [1.54, 1.807) is 18.3 Å². The summed E-state index contributed by atoms with van der Waals surface area (Å²) in [6, 6.07) is 11.1. The Bertz CT molecular complexity index is 555. The predicted octanol–water partition coefficient (Wildman–Crippen LogP) is 3.11. The van der Waals surface area contributed by atoms with E-state index in [4.69, 9.17) is 11.6 Å². The average Bonchev–Trinajstić information content (AvgIpc) is 2.41. The first-order chi connectivity index (χ1) is 8.70. The van der Waals surface area contributed by atoms with E-state index in [-0.39, 0.29) is 0 Å². The molecule has 0 saturated heterocycles. The molecule has 0 bridgehead atoms. The molecule has 1 aromatic carbocycles. The van der Waals surface area contributed by atoms with Gasteiger partial charge in [-0.2, -0.15) is 0 Å². The second-order valence-corrected chi connectivity index (χ2v) is 4.21. The van der Waals surface area contributed by atoms with E-state index in [1.807, 2.05) is 24.3 Å². The summed E-state index contributed by atoms with van der Waals surface area (Å²) in [5.41, 5.74) is 2.29. The minimum atomic E-state index is -0.428. The molecule has 0 aliphatic heterocycles. The molecule has 2 rings (SSSR count). The van der Waals surface area contributed by atoms with Crippen molar-refractivity contribution in [2.45, 2.75) is 6.42 Å². The number of nitrogens with zero attached hydrogens (tertiary/aromatic N) is 1. The molecule has 18 heavy (non-hydrogen) atoms. The van der Waals surface area contributed by atoms with Gasteiger partial charge in [0.15, 0.2) is 0 Å². The molecule has 0 aliphatic rings. The number of pyridine rings is 1. The van der Waals surface area contributed by atoms with Gasteiger partial charge >= 0.3 is 5.97 Å². The lowest BCUT2D eigenvalue weighted by Crippen LogP contribution is -2.03. The van der Waals surface area contributed by atoms with Gasteiger partial charge in [-0.15, -0.1) is 0 Å². The van der Waals surface area contributed by atoms with Crippen molar-refractivity contribution in [3.05, 3.63) is 64.4 Å². The summed E-state index contributed by atoms with van der Waals surface area (Å²) in [7, 11) is 1.34. The third-order valence-electron chi connectivity index (χ3n) is 2.55. The molecular weight excluding hydrogens is 250 g/mol. The van der Waals surface area contributed by atoms with Crippen molar-refractivity contribution >= 4 is 17.6 Å². The first kappa shape index (κ1) is 12.6. The number of hydrogen-bond acceptors (Lipinski definition) is 3. The summed E-state index contributed by atoms with van der Waals surface area (Å²) < 4.78 is 4.68. The lowest BCUT2D eigenvalue weighted by molar-refractivity contribution is 0.0601. The van der Waals surface area contributed by atoms with Gasteiger partial charge in [0, 0.05) is 18.3 Å². The number of halogens is 1. The summed E-state index contributed by atoms with van der Waals surface area (Å²) in [6.45, 7) is 0. The maximum atomic E-state index is 11.5. The van der Waals surface area contributed by atoms with Crippen LogP contribution >= 0.6 is 11.6 Å². The molecule has 0 saturated carbocycles. The molecule has 4 heteroatoms. The molecule has 0 unspecified atom stereocenters. The number of aromatic nitrogens is 1. The number of rotatable bonds is 3. The summed E-state index contributed by atoms with van der Waals surface area (Å²) in [6.07, 6.45) is 2.40. The summed E-state index contributed by atoms with van der Waals surface area (Å²) in [5.74, 6) is -0.428. The van der Waals surface area contributed by atoms with E-state index >= 15 is 0 Å². The zero-order chi connectivity index (χ0) is 13.0. The van der Waals surface area contributed by atoms with Crippen LogP contribution < -0.4 is 0 Å². The van der Waals surface area contributed by atoms with Gasteiger partial charge in [0.25, 0.3) is 0 Å². The Kier molecular flexibility index (Phi) is 3.95. The Morgan fingerprint density at radius 3 is 2.83 bits per heavy atom. The zero-order valence-corrected chi connectivity index (χ0v) is 10.6. The number of ether oxygens (including phenoxy) is 1. The van der Waals surface area contributed by atoms with Gasteiger partial charge in [-0.1, -0.05) is 23.7 Å². The van der Waals surface area contributed by atoms with Crippen molar-refractivity contribution in [3.63, 3.8) is 0 Å². The fraction of sp³-hybridized carbons (Fsp3) is 0.143. The van der Waals surface area contributed by atoms with E-state index in [0.717, 1.165) is 11.3 Å². The summed E-state index contributed by atoms with van der Waals surface area (Å²) >= 11 is 5.96. The molecule has 0 radical (unpaired) electrons. The molecule has 0 fully saturated rings. The fourth-order valence-electron chi connectivity index (χ4n) is 1.66. The molecule has 1 heterocycles. The lowest BCUT2D eigenvalue weighted by atomic mass is 10.1. The third kappa shape index (κ3) is 2.87. The predicted molar refractivity (Wildman–Crippen MR) is 69.8 cm³/mol. The van der Waals surface area contributed by atoms with Gasteiger partial charge in [0.1, 0.15) is 0 Å². The second-order valence-electron chi connectivity index (χ2n) is 3.80. The van der Waals surface area contributed by atoms with Crippen LogP contribution in [0.3, 0.4) is 0 Å². The molecule has 0 atom stereocenters. The number of hydrogen-bond donors (Lipinski definition) is 0. The van der Waals surface area contributed by atoms with Crippen LogP contribution in [0.1, 0.15) is 21.6 Å². The number of carbonyl (C=O) groups is 1. The number of methoxy groups -OCH3 is 1. The fourth-order valence-corrected chi connectivity index (χ4v) is 1.86. The lowest BCUT2D eigenvalue weighted by Gasteiger charge is -2.06. The van der Waals surface area contributed by atoms with E-state index in [2.05, 4.69) is 9.72 Å². The van der Waals surface area contributed by atoms with Crippen molar-refractivity contribution in [2.75, 3.05) is 7.11 Å². The first-order valence-electron chi connectivity index (χ1n) is 5.47. The maximum absolute atomic E-state index is 11.5. The maximum Gasteiger partial charge on any atom is 0.339 e.